The molecule has 3 aliphatic rings. The quantitative estimate of drug-likeness (QED) is 0.230. The number of nitrogens with one attached hydrogen (secondary N) is 2. The molecule has 61 heavy (non-hydrogen) atoms. The lowest BCUT2D eigenvalue weighted by atomic mass is 9.84. The SMILES string of the molecule is C=CS(=O)(=O)N1CC[C@H](C(=O)N(C)[C@H](C(=O)N[C@H]2Cc3nc(cs3)-c3ccc4c(c3)c(c(-c3cncnc3)n4CC)CC(C)(C)COC(=O)[C@@H]3CCCN(N3)C2=O)C(C)C)C1. The number of esters is 1. The standard InChI is InChI=1S/C43H55N9O7S2/c1-8-51-35-13-12-27-17-30(35)31(38(51)29-20-44-25-45-21-29)19-43(5,6)24-59-42(56)32-11-10-15-52(48-32)41(55)33(18-36-46-34(27)23-60-36)47-39(53)37(26(3)4)49(7)40(54)28-14-16-50(22-28)61(57,58)9-2/h9,12-13,17,20-21,23,25-26,28,32-33,37,48H,2,8,10-11,14-16,18-19,22,24H2,1,3-7H3,(H,47,53)/t28-,32-,33-,37-/m0/s1. The molecule has 6 heterocycles. The third kappa shape index (κ3) is 9.13. The van der Waals surface area contributed by atoms with Crippen LogP contribution in [0.15, 0.2) is 54.3 Å². The van der Waals surface area contributed by atoms with Gasteiger partial charge in [0.25, 0.3) is 5.91 Å². The molecule has 2 N–H and O–H groups in total. The Hall–Kier alpha value is -5.04. The molecule has 4 aromatic rings. The monoisotopic (exact) mass is 873 g/mol. The Labute approximate surface area is 360 Å². The third-order valence-electron chi connectivity index (χ3n) is 11.9. The van der Waals surface area contributed by atoms with Crippen LogP contribution in [0.2, 0.25) is 0 Å². The average molecular weight is 874 g/mol. The number of nitrogens with zero attached hydrogens (tertiary/aromatic N) is 7. The molecule has 2 fully saturated rings. The highest BCUT2D eigenvalue weighted by Gasteiger charge is 2.41. The van der Waals surface area contributed by atoms with Crippen molar-refractivity contribution in [3.05, 3.63) is 64.9 Å². The Morgan fingerprint density at radius 1 is 1.15 bits per heavy atom. The molecule has 18 heteroatoms. The first-order chi connectivity index (χ1) is 29.0. The number of likely N-dealkylation sites (N-methyl/N-ethyl adjacent to an activating group) is 1. The number of rotatable bonds is 9. The Bertz CT molecular complexity index is 2430. The highest BCUT2D eigenvalue weighted by Crippen LogP contribution is 2.40. The van der Waals surface area contributed by atoms with Crippen molar-refractivity contribution in [2.45, 2.75) is 91.4 Å². The van der Waals surface area contributed by atoms with E-state index in [1.54, 1.807) is 0 Å². The van der Waals surface area contributed by atoms with Gasteiger partial charge in [-0.1, -0.05) is 40.3 Å². The second kappa shape index (κ2) is 17.7. The molecule has 16 nitrogen and oxygen atoms in total. The maximum absolute atomic E-state index is 14.5. The number of cyclic esters (lactones) is 1. The number of carbonyl (C=O) groups excluding carboxylic acids is 4. The summed E-state index contributed by atoms with van der Waals surface area (Å²) in [5, 5.41) is 8.81. The summed E-state index contributed by atoms with van der Waals surface area (Å²) in [6.45, 7) is 14.5. The molecule has 3 aliphatic heterocycles. The van der Waals surface area contributed by atoms with Crippen LogP contribution in [-0.2, 0) is 53.3 Å². The van der Waals surface area contributed by atoms with Gasteiger partial charge in [0.1, 0.15) is 24.5 Å². The van der Waals surface area contributed by atoms with Gasteiger partial charge < -0.3 is 19.5 Å². The number of hydrogen-bond donors (Lipinski definition) is 2. The predicted molar refractivity (Wildman–Crippen MR) is 232 cm³/mol. The van der Waals surface area contributed by atoms with Gasteiger partial charge in [-0.3, -0.25) is 24.2 Å². The Morgan fingerprint density at radius 2 is 1.90 bits per heavy atom. The average Bonchev–Trinajstić information content (AvgIpc) is 4.00. The first kappa shape index (κ1) is 44.0. The van der Waals surface area contributed by atoms with Crippen molar-refractivity contribution in [1.82, 2.24) is 44.5 Å². The van der Waals surface area contributed by atoms with Crippen LogP contribution in [0.5, 0.6) is 0 Å². The fourth-order valence-electron chi connectivity index (χ4n) is 8.83. The third-order valence-corrected chi connectivity index (χ3v) is 14.2. The van der Waals surface area contributed by atoms with Crippen LogP contribution in [0, 0.1) is 17.3 Å². The molecule has 0 radical (unpaired) electrons. The molecule has 326 valence electrons. The summed E-state index contributed by atoms with van der Waals surface area (Å²) in [7, 11) is -2.17. The largest absolute Gasteiger partial charge is 0.464 e. The van der Waals surface area contributed by atoms with E-state index in [0.717, 1.165) is 44.4 Å². The molecular weight excluding hydrogens is 819 g/mol. The molecule has 0 unspecified atom stereocenters. The molecule has 3 aromatic heterocycles. The lowest BCUT2D eigenvalue weighted by Crippen LogP contribution is -2.62. The second-order valence-electron chi connectivity index (χ2n) is 17.3. The smallest absolute Gasteiger partial charge is 0.324 e. The summed E-state index contributed by atoms with van der Waals surface area (Å²) in [6, 6.07) is 3.38. The molecule has 6 bridgehead atoms. The predicted octanol–water partition coefficient (Wildman–Crippen LogP) is 4.17. The summed E-state index contributed by atoms with van der Waals surface area (Å²) in [5.74, 6) is -2.83. The zero-order chi connectivity index (χ0) is 43.8. The maximum atomic E-state index is 14.5. The molecule has 2 saturated heterocycles. The van der Waals surface area contributed by atoms with E-state index >= 15 is 0 Å². The van der Waals surface area contributed by atoms with Gasteiger partial charge in [0.15, 0.2) is 0 Å². The zero-order valence-corrected chi connectivity index (χ0v) is 37.2. The van der Waals surface area contributed by atoms with Crippen LogP contribution in [0.3, 0.4) is 0 Å². The van der Waals surface area contributed by atoms with E-state index in [0.29, 0.717) is 43.8 Å². The first-order valence-electron chi connectivity index (χ1n) is 20.8. The summed E-state index contributed by atoms with van der Waals surface area (Å²) in [5.41, 5.74) is 8.20. The van der Waals surface area contributed by atoms with Crippen LogP contribution in [0.4, 0.5) is 0 Å². The van der Waals surface area contributed by atoms with Crippen molar-refractivity contribution in [1.29, 1.82) is 0 Å². The van der Waals surface area contributed by atoms with Gasteiger partial charge in [0.05, 0.1) is 28.9 Å². The minimum atomic E-state index is -3.70. The van der Waals surface area contributed by atoms with Crippen molar-refractivity contribution < 1.29 is 32.3 Å². The lowest BCUT2D eigenvalue weighted by molar-refractivity contribution is -0.155. The van der Waals surface area contributed by atoms with Gasteiger partial charge in [-0.25, -0.2) is 28.8 Å². The number of hydrazine groups is 1. The van der Waals surface area contributed by atoms with Gasteiger partial charge >= 0.3 is 5.97 Å². The van der Waals surface area contributed by atoms with Crippen LogP contribution >= 0.6 is 11.3 Å². The van der Waals surface area contributed by atoms with Gasteiger partial charge in [-0.2, -0.15) is 4.31 Å². The van der Waals surface area contributed by atoms with E-state index in [2.05, 4.69) is 64.8 Å². The molecule has 7 rings (SSSR count). The maximum Gasteiger partial charge on any atom is 0.324 e. The second-order valence-corrected chi connectivity index (χ2v) is 20.1. The zero-order valence-electron chi connectivity index (χ0n) is 35.6. The number of hydrogen-bond acceptors (Lipinski definition) is 12. The van der Waals surface area contributed by atoms with Crippen molar-refractivity contribution in [3.8, 4) is 22.5 Å². The summed E-state index contributed by atoms with van der Waals surface area (Å²) in [6.07, 6.45) is 7.05. The first-order valence-corrected chi connectivity index (χ1v) is 23.2. The Morgan fingerprint density at radius 3 is 2.61 bits per heavy atom. The highest BCUT2D eigenvalue weighted by atomic mass is 32.2. The Kier molecular flexibility index (Phi) is 12.8. The molecule has 3 amide bonds. The normalized spacial score (nSPS) is 21.8. The topological polar surface area (TPSA) is 189 Å². The molecule has 1 aromatic carbocycles. The summed E-state index contributed by atoms with van der Waals surface area (Å²) in [4.78, 5) is 71.4. The number of thiazole rings is 1. The van der Waals surface area contributed by atoms with E-state index in [1.807, 2.05) is 37.7 Å². The number of ether oxygens (including phenoxy) is 1. The molecule has 4 atom stereocenters. The van der Waals surface area contributed by atoms with Crippen molar-refractivity contribution in [2.75, 3.05) is 33.3 Å². The Balaban J connectivity index is 1.24. The lowest BCUT2D eigenvalue weighted by Gasteiger charge is -2.36. The van der Waals surface area contributed by atoms with Crippen LogP contribution in [-0.4, -0.2) is 117 Å². The van der Waals surface area contributed by atoms with E-state index in [1.165, 1.54) is 38.9 Å². The number of benzene rings is 1. The fourth-order valence-corrected chi connectivity index (χ4v) is 10.6. The minimum absolute atomic E-state index is 0.0129. The number of carbonyl (C=O) groups is 4. The van der Waals surface area contributed by atoms with Gasteiger partial charge in [-0.05, 0) is 56.2 Å². The highest BCUT2D eigenvalue weighted by molar-refractivity contribution is 7.92. The van der Waals surface area contributed by atoms with Gasteiger partial charge in [0.2, 0.25) is 21.8 Å². The number of fused-ring (bicyclic) bond motifs is 6. The van der Waals surface area contributed by atoms with Crippen LogP contribution in [0.1, 0.15) is 64.5 Å². The number of amides is 3. The van der Waals surface area contributed by atoms with Crippen molar-refractivity contribution in [3.63, 3.8) is 0 Å². The summed E-state index contributed by atoms with van der Waals surface area (Å²) >= 11 is 1.38. The minimum Gasteiger partial charge on any atom is -0.464 e. The van der Waals surface area contributed by atoms with Crippen LogP contribution in [0.25, 0.3) is 33.4 Å². The number of aryl methyl sites for hydroxylation is 1. The molecule has 0 saturated carbocycles. The summed E-state index contributed by atoms with van der Waals surface area (Å²) < 4.78 is 34.4. The fraction of sp³-hybridized carbons (Fsp3) is 0.512. The number of aromatic nitrogens is 4. The number of sulfonamides is 1. The van der Waals surface area contributed by atoms with E-state index < -0.39 is 57.3 Å². The molecule has 0 aliphatic carbocycles. The van der Waals surface area contributed by atoms with E-state index in [9.17, 15) is 27.6 Å². The van der Waals surface area contributed by atoms with Crippen molar-refractivity contribution >= 4 is 56.0 Å². The van der Waals surface area contributed by atoms with E-state index in [4.69, 9.17) is 9.72 Å². The van der Waals surface area contributed by atoms with Crippen LogP contribution < -0.4 is 10.7 Å². The molecule has 0 spiro atoms. The van der Waals surface area contributed by atoms with Gasteiger partial charge in [-0.15, -0.1) is 11.3 Å². The van der Waals surface area contributed by atoms with Gasteiger partial charge in [0, 0.05) is 90.3 Å². The molecular formula is C43H55N9O7S2. The van der Waals surface area contributed by atoms with E-state index in [-0.39, 0.29) is 37.9 Å². The van der Waals surface area contributed by atoms with Crippen molar-refractivity contribution in [2.24, 2.45) is 17.3 Å².